The van der Waals surface area contributed by atoms with Crippen molar-refractivity contribution in [2.75, 3.05) is 19.8 Å². The minimum atomic E-state index is -0.530. The zero-order chi connectivity index (χ0) is 49.2. The fraction of sp³-hybridized carbons (Fsp3) is 0.937. The van der Waals surface area contributed by atoms with E-state index in [1.165, 1.54) is 289 Å². The van der Waals surface area contributed by atoms with Crippen LogP contribution in [0.3, 0.4) is 0 Å². The van der Waals surface area contributed by atoms with Crippen molar-refractivity contribution in [1.82, 2.24) is 0 Å². The third kappa shape index (κ3) is 57.2. The first kappa shape index (κ1) is 66.6. The lowest BCUT2D eigenvalue weighted by Crippen LogP contribution is -2.30. The number of allylic oxidation sites excluding steroid dienone is 2. The van der Waals surface area contributed by atoms with Crippen LogP contribution in [-0.2, 0) is 23.8 Å². The summed E-state index contributed by atoms with van der Waals surface area (Å²) in [5, 5.41) is 0. The topological polar surface area (TPSA) is 61.8 Å². The molecule has 0 saturated heterocycles. The molecule has 0 fully saturated rings. The summed E-state index contributed by atoms with van der Waals surface area (Å²) in [6, 6.07) is 0. The molecule has 0 heterocycles. The molecule has 0 aliphatic rings. The molecule has 0 saturated carbocycles. The SMILES string of the molecule is CCCCCC/C=C\CCCCCCCCCC(=O)O[C@H](COCCCCCCCCCCCCCCCCCC)COC(=O)CCCCCCCCCCCCCCCCCCCCCCC. The van der Waals surface area contributed by atoms with Crippen LogP contribution in [-0.4, -0.2) is 37.9 Å². The van der Waals surface area contributed by atoms with Crippen LogP contribution in [0.15, 0.2) is 12.2 Å². The van der Waals surface area contributed by atoms with Crippen LogP contribution in [0, 0.1) is 0 Å². The normalized spacial score (nSPS) is 12.1. The lowest BCUT2D eigenvalue weighted by atomic mass is 10.0. The first-order chi connectivity index (χ1) is 33.6. The monoisotopic (exact) mass is 959 g/mol. The molecule has 68 heavy (non-hydrogen) atoms. The summed E-state index contributed by atoms with van der Waals surface area (Å²) in [6.07, 6.45) is 71.0. The summed E-state index contributed by atoms with van der Waals surface area (Å²) < 4.78 is 17.5. The summed E-state index contributed by atoms with van der Waals surface area (Å²) in [4.78, 5) is 25.6. The molecule has 0 N–H and O–H groups in total. The third-order valence-corrected chi connectivity index (χ3v) is 14.3. The van der Waals surface area contributed by atoms with Crippen LogP contribution in [0.1, 0.15) is 355 Å². The van der Waals surface area contributed by atoms with Crippen molar-refractivity contribution in [2.24, 2.45) is 0 Å². The molecule has 0 aliphatic carbocycles. The number of rotatable bonds is 59. The molecule has 1 atom stereocenters. The molecule has 0 aliphatic heterocycles. The van der Waals surface area contributed by atoms with E-state index in [0.29, 0.717) is 26.1 Å². The standard InChI is InChI=1S/C63H122O5/c1-4-7-10-13-16-19-22-25-28-30-31-32-33-34-36-38-41-44-47-50-53-56-62(64)67-60-61(59-66-58-55-52-49-46-43-40-37-29-26-23-20-17-14-11-8-5-2)68-63(65)57-54-51-48-45-42-39-35-27-24-21-18-15-12-9-6-3/h21,24,61H,4-20,22-23,25-60H2,1-3H3/b24-21-/t61-/m1/s1. The Morgan fingerprint density at radius 1 is 0.309 bits per heavy atom. The van der Waals surface area contributed by atoms with E-state index in [-0.39, 0.29) is 18.5 Å². The maximum Gasteiger partial charge on any atom is 0.306 e. The molecule has 0 aromatic carbocycles. The van der Waals surface area contributed by atoms with Crippen LogP contribution in [0.4, 0.5) is 0 Å². The second-order valence-corrected chi connectivity index (χ2v) is 21.3. The average Bonchev–Trinajstić information content (AvgIpc) is 3.34. The van der Waals surface area contributed by atoms with Crippen molar-refractivity contribution in [3.8, 4) is 0 Å². The van der Waals surface area contributed by atoms with Crippen LogP contribution in [0.25, 0.3) is 0 Å². The van der Waals surface area contributed by atoms with Gasteiger partial charge < -0.3 is 14.2 Å². The van der Waals surface area contributed by atoms with Gasteiger partial charge in [-0.05, 0) is 44.9 Å². The predicted molar refractivity (Wildman–Crippen MR) is 298 cm³/mol. The number of esters is 2. The van der Waals surface area contributed by atoms with E-state index < -0.39 is 6.10 Å². The highest BCUT2D eigenvalue weighted by molar-refractivity contribution is 5.70. The Morgan fingerprint density at radius 3 is 0.912 bits per heavy atom. The molecule has 5 nitrogen and oxygen atoms in total. The fourth-order valence-corrected chi connectivity index (χ4v) is 9.63. The second-order valence-electron chi connectivity index (χ2n) is 21.3. The minimum Gasteiger partial charge on any atom is -0.462 e. The van der Waals surface area contributed by atoms with Gasteiger partial charge in [-0.3, -0.25) is 9.59 Å². The molecule has 404 valence electrons. The number of ether oxygens (including phenoxy) is 3. The Bertz CT molecular complexity index is 994. The van der Waals surface area contributed by atoms with Gasteiger partial charge in [0, 0.05) is 19.4 Å². The van der Waals surface area contributed by atoms with Gasteiger partial charge in [-0.25, -0.2) is 0 Å². The first-order valence-corrected chi connectivity index (χ1v) is 31.2. The van der Waals surface area contributed by atoms with Crippen molar-refractivity contribution in [1.29, 1.82) is 0 Å². The van der Waals surface area contributed by atoms with E-state index in [1.807, 2.05) is 0 Å². The largest absolute Gasteiger partial charge is 0.462 e. The molecule has 0 amide bonds. The highest BCUT2D eigenvalue weighted by atomic mass is 16.6. The molecular weight excluding hydrogens is 837 g/mol. The molecule has 0 spiro atoms. The van der Waals surface area contributed by atoms with Crippen LogP contribution in [0.5, 0.6) is 0 Å². The number of hydrogen-bond acceptors (Lipinski definition) is 5. The Balaban J connectivity index is 4.16. The van der Waals surface area contributed by atoms with E-state index >= 15 is 0 Å². The molecular formula is C63H122O5. The molecule has 0 unspecified atom stereocenters. The van der Waals surface area contributed by atoms with E-state index in [0.717, 1.165) is 32.1 Å². The maximum atomic E-state index is 12.9. The van der Waals surface area contributed by atoms with Crippen molar-refractivity contribution < 1.29 is 23.8 Å². The van der Waals surface area contributed by atoms with Gasteiger partial charge >= 0.3 is 11.9 Å². The predicted octanol–water partition coefficient (Wildman–Crippen LogP) is 21.4. The molecule has 0 radical (unpaired) electrons. The zero-order valence-electron chi connectivity index (χ0n) is 46.7. The number of hydrogen-bond donors (Lipinski definition) is 0. The van der Waals surface area contributed by atoms with Gasteiger partial charge in [0.05, 0.1) is 6.61 Å². The van der Waals surface area contributed by atoms with Gasteiger partial charge in [0.2, 0.25) is 0 Å². The third-order valence-electron chi connectivity index (χ3n) is 14.3. The fourth-order valence-electron chi connectivity index (χ4n) is 9.63. The Labute approximate surface area is 426 Å². The van der Waals surface area contributed by atoms with Crippen molar-refractivity contribution in [2.45, 2.75) is 361 Å². The van der Waals surface area contributed by atoms with Crippen LogP contribution in [0.2, 0.25) is 0 Å². The van der Waals surface area contributed by atoms with Crippen molar-refractivity contribution >= 4 is 11.9 Å². The quantitative estimate of drug-likeness (QED) is 0.0345. The Hall–Kier alpha value is -1.36. The van der Waals surface area contributed by atoms with Gasteiger partial charge in [-0.15, -0.1) is 0 Å². The molecule has 0 aromatic rings. The zero-order valence-corrected chi connectivity index (χ0v) is 46.7. The highest BCUT2D eigenvalue weighted by Gasteiger charge is 2.18. The van der Waals surface area contributed by atoms with Crippen molar-refractivity contribution in [3.63, 3.8) is 0 Å². The Kier molecular flexibility index (Phi) is 58.7. The van der Waals surface area contributed by atoms with Gasteiger partial charge in [0.25, 0.3) is 0 Å². The summed E-state index contributed by atoms with van der Waals surface area (Å²) in [6.45, 7) is 7.91. The molecule has 0 bridgehead atoms. The highest BCUT2D eigenvalue weighted by Crippen LogP contribution is 2.18. The van der Waals surface area contributed by atoms with E-state index in [9.17, 15) is 9.59 Å². The lowest BCUT2D eigenvalue weighted by Gasteiger charge is -2.18. The summed E-state index contributed by atoms with van der Waals surface area (Å²) >= 11 is 0. The minimum absolute atomic E-state index is 0.0941. The first-order valence-electron chi connectivity index (χ1n) is 31.2. The second kappa shape index (κ2) is 59.9. The molecule has 0 rings (SSSR count). The molecule has 0 aromatic heterocycles. The van der Waals surface area contributed by atoms with Crippen LogP contribution >= 0.6 is 0 Å². The average molecular weight is 960 g/mol. The summed E-state index contributed by atoms with van der Waals surface area (Å²) in [5.41, 5.74) is 0. The Morgan fingerprint density at radius 2 is 0.574 bits per heavy atom. The summed E-state index contributed by atoms with van der Waals surface area (Å²) in [7, 11) is 0. The van der Waals surface area contributed by atoms with Crippen LogP contribution < -0.4 is 0 Å². The smallest absolute Gasteiger partial charge is 0.306 e. The van der Waals surface area contributed by atoms with E-state index in [4.69, 9.17) is 14.2 Å². The van der Waals surface area contributed by atoms with Gasteiger partial charge in [0.1, 0.15) is 6.61 Å². The van der Waals surface area contributed by atoms with Gasteiger partial charge in [-0.1, -0.05) is 309 Å². The summed E-state index contributed by atoms with van der Waals surface area (Å²) in [5.74, 6) is -0.372. The van der Waals surface area contributed by atoms with Gasteiger partial charge in [-0.2, -0.15) is 0 Å². The van der Waals surface area contributed by atoms with Crippen molar-refractivity contribution in [3.05, 3.63) is 12.2 Å². The number of carbonyl (C=O) groups is 2. The number of carbonyl (C=O) groups excluding carboxylic acids is 2. The van der Waals surface area contributed by atoms with E-state index in [1.54, 1.807) is 0 Å². The maximum absolute atomic E-state index is 12.9. The lowest BCUT2D eigenvalue weighted by molar-refractivity contribution is -0.163. The number of unbranched alkanes of at least 4 members (excludes halogenated alkanes) is 46. The van der Waals surface area contributed by atoms with E-state index in [2.05, 4.69) is 32.9 Å². The van der Waals surface area contributed by atoms with Gasteiger partial charge in [0.15, 0.2) is 6.10 Å². The molecule has 5 heteroatoms.